The average Bonchev–Trinajstić information content (AvgIpc) is 2.72. The molecule has 0 radical (unpaired) electrons. The summed E-state index contributed by atoms with van der Waals surface area (Å²) >= 11 is 1.66. The third kappa shape index (κ3) is 8.11. The Morgan fingerprint density at radius 3 is 2.97 bits per heavy atom. The molecule has 0 saturated heterocycles. The van der Waals surface area contributed by atoms with Gasteiger partial charge in [-0.2, -0.15) is 0 Å². The van der Waals surface area contributed by atoms with Crippen LogP contribution in [-0.2, 0) is 11.3 Å². The van der Waals surface area contributed by atoms with Crippen molar-refractivity contribution in [3.8, 4) is 5.75 Å². The van der Waals surface area contributed by atoms with Crippen molar-refractivity contribution < 1.29 is 9.90 Å². The van der Waals surface area contributed by atoms with Gasteiger partial charge in [-0.25, -0.2) is 0 Å². The van der Waals surface area contributed by atoms with Crippen LogP contribution < -0.4 is 5.32 Å². The first-order valence-corrected chi connectivity index (χ1v) is 11.4. The summed E-state index contributed by atoms with van der Waals surface area (Å²) in [5.74, 6) is 1.76. The van der Waals surface area contributed by atoms with E-state index in [0.717, 1.165) is 36.3 Å². The van der Waals surface area contributed by atoms with Gasteiger partial charge in [0.1, 0.15) is 5.75 Å². The van der Waals surface area contributed by atoms with E-state index >= 15 is 0 Å². The fourth-order valence-electron chi connectivity index (χ4n) is 3.45. The quantitative estimate of drug-likeness (QED) is 0.383. The number of hydrogen-bond donors (Lipinski definition) is 2. The zero-order valence-corrected chi connectivity index (χ0v) is 18.5. The van der Waals surface area contributed by atoms with Crippen molar-refractivity contribution in [2.45, 2.75) is 51.0 Å². The van der Waals surface area contributed by atoms with E-state index in [1.807, 2.05) is 23.1 Å². The van der Waals surface area contributed by atoms with E-state index in [4.69, 9.17) is 0 Å². The van der Waals surface area contributed by atoms with E-state index in [1.165, 1.54) is 5.57 Å². The summed E-state index contributed by atoms with van der Waals surface area (Å²) in [6.45, 7) is 10.3. The summed E-state index contributed by atoms with van der Waals surface area (Å²) in [5.41, 5.74) is 2.42. The van der Waals surface area contributed by atoms with Crippen molar-refractivity contribution >= 4 is 17.7 Å². The van der Waals surface area contributed by atoms with Crippen molar-refractivity contribution in [2.24, 2.45) is 5.92 Å². The minimum atomic E-state index is 0.166. The molecule has 1 unspecified atom stereocenters. The first kappa shape index (κ1) is 23.3. The lowest BCUT2D eigenvalue weighted by Gasteiger charge is -2.28. The monoisotopic (exact) mass is 414 g/mol. The van der Waals surface area contributed by atoms with Crippen LogP contribution in [0, 0.1) is 5.92 Å². The molecule has 1 atom stereocenters. The number of fused-ring (bicyclic) bond motifs is 1. The summed E-state index contributed by atoms with van der Waals surface area (Å²) in [7, 11) is 0. The van der Waals surface area contributed by atoms with Crippen LogP contribution in [0.2, 0.25) is 0 Å². The number of rotatable bonds is 11. The molecule has 1 heterocycles. The number of benzene rings is 1. The lowest BCUT2D eigenvalue weighted by Crippen LogP contribution is -2.34. The Morgan fingerprint density at radius 1 is 1.38 bits per heavy atom. The van der Waals surface area contributed by atoms with E-state index in [0.29, 0.717) is 31.3 Å². The maximum absolute atomic E-state index is 12.5. The summed E-state index contributed by atoms with van der Waals surface area (Å²) in [6.07, 6.45) is 11.8. The molecular formula is C24H34N2O2S. The smallest absolute Gasteiger partial charge is 0.224 e. The molecule has 0 bridgehead atoms. The topological polar surface area (TPSA) is 52.6 Å². The third-order valence-corrected chi connectivity index (χ3v) is 6.34. The highest BCUT2D eigenvalue weighted by molar-refractivity contribution is 7.99. The summed E-state index contributed by atoms with van der Waals surface area (Å²) in [4.78, 5) is 15.5. The fraction of sp³-hybridized carbons (Fsp3) is 0.458. The van der Waals surface area contributed by atoms with Gasteiger partial charge in [0, 0.05) is 24.4 Å². The zero-order chi connectivity index (χ0) is 21.1. The van der Waals surface area contributed by atoms with Crippen LogP contribution in [0.3, 0.4) is 0 Å². The summed E-state index contributed by atoms with van der Waals surface area (Å²) < 4.78 is 0. The highest BCUT2D eigenvalue weighted by Gasteiger charge is 2.21. The van der Waals surface area contributed by atoms with E-state index in [2.05, 4.69) is 31.8 Å². The third-order valence-electron chi connectivity index (χ3n) is 5.19. The van der Waals surface area contributed by atoms with Gasteiger partial charge in [-0.1, -0.05) is 49.8 Å². The molecule has 0 aromatic heterocycles. The number of phenolic OH excluding ortho intramolecular Hbond substituents is 1. The number of amides is 1. The fourth-order valence-corrected chi connectivity index (χ4v) is 4.45. The van der Waals surface area contributed by atoms with Crippen LogP contribution in [0.5, 0.6) is 5.75 Å². The number of thioether (sulfide) groups is 1. The predicted molar refractivity (Wildman–Crippen MR) is 123 cm³/mol. The highest BCUT2D eigenvalue weighted by Crippen LogP contribution is 2.32. The molecule has 0 fully saturated rings. The molecule has 1 amide bonds. The Morgan fingerprint density at radius 2 is 2.21 bits per heavy atom. The summed E-state index contributed by atoms with van der Waals surface area (Å²) in [5, 5.41) is 13.1. The Kier molecular flexibility index (Phi) is 10.1. The molecular weight excluding hydrogens is 380 g/mol. The van der Waals surface area contributed by atoms with Gasteiger partial charge in [0.2, 0.25) is 5.91 Å². The van der Waals surface area contributed by atoms with Gasteiger partial charge in [-0.15, -0.1) is 11.8 Å². The Hall–Kier alpha value is -1.98. The lowest BCUT2D eigenvalue weighted by atomic mass is 9.94. The molecule has 29 heavy (non-hydrogen) atoms. The average molecular weight is 415 g/mol. The van der Waals surface area contributed by atoms with E-state index < -0.39 is 0 Å². The number of nitrogens with one attached hydrogen (secondary N) is 1. The number of carbonyl (C=O) groups excluding carboxylic acids is 1. The minimum Gasteiger partial charge on any atom is -0.508 e. The molecule has 0 spiro atoms. The SMILES string of the molecule is C=C/C=C\C=C(/C)CC(CC)CCNCCC(=O)N1CSc2ccc(O)cc2C1. The molecule has 1 aromatic carbocycles. The number of hydrogen-bond acceptors (Lipinski definition) is 4. The van der Waals surface area contributed by atoms with Gasteiger partial charge in [0.05, 0.1) is 5.88 Å². The molecule has 0 saturated carbocycles. The minimum absolute atomic E-state index is 0.166. The Labute approximate surface area is 179 Å². The van der Waals surface area contributed by atoms with Crippen molar-refractivity contribution in [1.29, 1.82) is 0 Å². The van der Waals surface area contributed by atoms with Crippen LogP contribution in [-0.4, -0.2) is 34.9 Å². The van der Waals surface area contributed by atoms with Gasteiger partial charge in [0.15, 0.2) is 0 Å². The second-order valence-corrected chi connectivity index (χ2v) is 8.54. The number of allylic oxidation sites excluding steroid dienone is 5. The molecule has 158 valence electrons. The van der Waals surface area contributed by atoms with Gasteiger partial charge < -0.3 is 15.3 Å². The molecule has 1 aromatic rings. The molecule has 5 heteroatoms. The normalized spacial score (nSPS) is 15.4. The number of phenols is 1. The van der Waals surface area contributed by atoms with Gasteiger partial charge in [-0.3, -0.25) is 4.79 Å². The van der Waals surface area contributed by atoms with Crippen molar-refractivity contribution in [2.75, 3.05) is 19.0 Å². The molecule has 1 aliphatic rings. The van der Waals surface area contributed by atoms with Crippen molar-refractivity contribution in [1.82, 2.24) is 10.2 Å². The molecule has 0 aliphatic carbocycles. The molecule has 4 nitrogen and oxygen atoms in total. The zero-order valence-electron chi connectivity index (χ0n) is 17.7. The van der Waals surface area contributed by atoms with Crippen LogP contribution in [0.15, 0.2) is 59.6 Å². The van der Waals surface area contributed by atoms with Crippen LogP contribution in [0.25, 0.3) is 0 Å². The largest absolute Gasteiger partial charge is 0.508 e. The Balaban J connectivity index is 1.66. The van der Waals surface area contributed by atoms with E-state index in [9.17, 15) is 9.90 Å². The molecule has 2 rings (SSSR count). The first-order valence-electron chi connectivity index (χ1n) is 10.4. The second kappa shape index (κ2) is 12.6. The highest BCUT2D eigenvalue weighted by atomic mass is 32.2. The standard InChI is InChI=1S/C24H34N2O2S/c1-4-6-7-8-19(3)15-20(5-2)11-13-25-14-12-24(28)26-17-21-16-22(27)9-10-23(21)29-18-26/h4,6-10,16,20,25,27H,1,5,11-15,17-18H2,2-3H3/b7-6-,19-8+. The van der Waals surface area contributed by atoms with Gasteiger partial charge >= 0.3 is 0 Å². The van der Waals surface area contributed by atoms with Crippen LogP contribution >= 0.6 is 11.8 Å². The second-order valence-electron chi connectivity index (χ2n) is 7.56. The summed E-state index contributed by atoms with van der Waals surface area (Å²) in [6, 6.07) is 5.39. The van der Waals surface area contributed by atoms with E-state index in [-0.39, 0.29) is 11.7 Å². The number of aromatic hydroxyl groups is 1. The maximum Gasteiger partial charge on any atom is 0.224 e. The predicted octanol–water partition coefficient (Wildman–Crippen LogP) is 5.26. The van der Waals surface area contributed by atoms with Crippen LogP contribution in [0.4, 0.5) is 0 Å². The lowest BCUT2D eigenvalue weighted by molar-refractivity contribution is -0.130. The number of nitrogens with zero attached hydrogens (tertiary/aromatic N) is 1. The maximum atomic E-state index is 12.5. The van der Waals surface area contributed by atoms with Crippen molar-refractivity contribution in [3.05, 3.63) is 60.2 Å². The van der Waals surface area contributed by atoms with Crippen LogP contribution in [0.1, 0.15) is 45.1 Å². The van der Waals surface area contributed by atoms with Crippen molar-refractivity contribution in [3.63, 3.8) is 0 Å². The first-order chi connectivity index (χ1) is 14.0. The Bertz CT molecular complexity index is 742. The molecule has 1 aliphatic heterocycles. The van der Waals surface area contributed by atoms with Gasteiger partial charge in [0.25, 0.3) is 0 Å². The molecule has 2 N–H and O–H groups in total. The number of carbonyl (C=O) groups is 1. The van der Waals surface area contributed by atoms with E-state index in [1.54, 1.807) is 30.0 Å². The van der Waals surface area contributed by atoms with Gasteiger partial charge in [-0.05, 0) is 56.0 Å².